The normalized spacial score (nSPS) is 23.2. The standard InChI is InChI=1S/C15H20ClN3O/c1-15(2)11-18(10-13(7-16)20-15)8-12-9-19-6-4-3-5-14(19)17-12/h3-6,9,13H,7-8,10-11H2,1-2H3. The first-order valence-corrected chi connectivity index (χ1v) is 7.48. The van der Waals surface area contributed by atoms with Gasteiger partial charge in [0.15, 0.2) is 0 Å². The monoisotopic (exact) mass is 293 g/mol. The number of aromatic nitrogens is 2. The fourth-order valence-corrected chi connectivity index (χ4v) is 3.07. The highest BCUT2D eigenvalue weighted by molar-refractivity contribution is 6.18. The molecule has 1 aliphatic heterocycles. The molecule has 0 spiro atoms. The van der Waals surface area contributed by atoms with Crippen LogP contribution in [0.25, 0.3) is 5.65 Å². The van der Waals surface area contributed by atoms with Gasteiger partial charge in [0, 0.05) is 37.9 Å². The molecule has 3 rings (SSSR count). The molecule has 0 saturated carbocycles. The van der Waals surface area contributed by atoms with E-state index in [1.165, 1.54) is 0 Å². The molecular weight excluding hydrogens is 274 g/mol. The van der Waals surface area contributed by atoms with Gasteiger partial charge in [-0.05, 0) is 26.0 Å². The Labute approximate surface area is 124 Å². The van der Waals surface area contributed by atoms with Crippen molar-refractivity contribution < 1.29 is 4.74 Å². The number of ether oxygens (including phenoxy) is 1. The number of morpholine rings is 1. The molecule has 0 aromatic carbocycles. The highest BCUT2D eigenvalue weighted by atomic mass is 35.5. The maximum Gasteiger partial charge on any atom is 0.137 e. The van der Waals surface area contributed by atoms with E-state index in [1.807, 2.05) is 24.4 Å². The molecule has 5 heteroatoms. The molecule has 0 aliphatic carbocycles. The van der Waals surface area contributed by atoms with Crippen molar-refractivity contribution in [2.45, 2.75) is 32.1 Å². The van der Waals surface area contributed by atoms with Crippen molar-refractivity contribution in [1.82, 2.24) is 14.3 Å². The Morgan fingerprint density at radius 3 is 3.05 bits per heavy atom. The van der Waals surface area contributed by atoms with Crippen LogP contribution in [0, 0.1) is 0 Å². The summed E-state index contributed by atoms with van der Waals surface area (Å²) >= 11 is 5.97. The Kier molecular flexibility index (Phi) is 3.71. The summed E-state index contributed by atoms with van der Waals surface area (Å²) in [6, 6.07) is 6.04. The molecule has 3 heterocycles. The zero-order chi connectivity index (χ0) is 14.2. The Morgan fingerprint density at radius 2 is 2.30 bits per heavy atom. The summed E-state index contributed by atoms with van der Waals surface area (Å²) in [4.78, 5) is 7.03. The largest absolute Gasteiger partial charge is 0.368 e. The fraction of sp³-hybridized carbons (Fsp3) is 0.533. The molecule has 1 saturated heterocycles. The second-order valence-electron chi connectivity index (χ2n) is 6.02. The summed E-state index contributed by atoms with van der Waals surface area (Å²) in [5.41, 5.74) is 1.92. The SMILES string of the molecule is CC1(C)CN(Cc2cn3ccccc3n2)CC(CCl)O1. The van der Waals surface area contributed by atoms with Gasteiger partial charge in [-0.3, -0.25) is 4.90 Å². The lowest BCUT2D eigenvalue weighted by Gasteiger charge is -2.42. The van der Waals surface area contributed by atoms with Crippen molar-refractivity contribution in [1.29, 1.82) is 0 Å². The third-order valence-corrected chi connectivity index (χ3v) is 3.87. The Bertz CT molecular complexity index is 563. The number of hydrogen-bond acceptors (Lipinski definition) is 3. The van der Waals surface area contributed by atoms with Crippen molar-refractivity contribution in [3.8, 4) is 0 Å². The number of hydrogen-bond donors (Lipinski definition) is 0. The van der Waals surface area contributed by atoms with Gasteiger partial charge in [0.1, 0.15) is 5.65 Å². The number of fused-ring (bicyclic) bond motifs is 1. The zero-order valence-corrected chi connectivity index (χ0v) is 12.7. The molecule has 2 aromatic heterocycles. The molecule has 1 atom stereocenters. The minimum absolute atomic E-state index is 0.0949. The summed E-state index contributed by atoms with van der Waals surface area (Å²) in [6.07, 6.45) is 4.21. The van der Waals surface area contributed by atoms with Crippen LogP contribution >= 0.6 is 11.6 Å². The molecule has 108 valence electrons. The number of imidazole rings is 1. The molecule has 0 bridgehead atoms. The van der Waals surface area contributed by atoms with Crippen LogP contribution in [0.3, 0.4) is 0 Å². The molecule has 4 nitrogen and oxygen atoms in total. The average molecular weight is 294 g/mol. The second-order valence-corrected chi connectivity index (χ2v) is 6.33. The van der Waals surface area contributed by atoms with Gasteiger partial charge in [-0.25, -0.2) is 4.98 Å². The highest BCUT2D eigenvalue weighted by Crippen LogP contribution is 2.23. The van der Waals surface area contributed by atoms with Crippen LogP contribution in [0.1, 0.15) is 19.5 Å². The van der Waals surface area contributed by atoms with Crippen LogP contribution in [0.5, 0.6) is 0 Å². The van der Waals surface area contributed by atoms with Crippen molar-refractivity contribution >= 4 is 17.2 Å². The van der Waals surface area contributed by atoms with Gasteiger partial charge in [0.05, 0.1) is 17.4 Å². The number of nitrogens with zero attached hydrogens (tertiary/aromatic N) is 3. The van der Waals surface area contributed by atoms with Gasteiger partial charge >= 0.3 is 0 Å². The number of alkyl halides is 1. The molecule has 0 N–H and O–H groups in total. The smallest absolute Gasteiger partial charge is 0.137 e. The molecule has 0 radical (unpaired) electrons. The molecule has 1 aliphatic rings. The van der Waals surface area contributed by atoms with Gasteiger partial charge in [-0.1, -0.05) is 6.07 Å². The maximum atomic E-state index is 5.97. The van der Waals surface area contributed by atoms with E-state index >= 15 is 0 Å². The van der Waals surface area contributed by atoms with E-state index in [0.717, 1.165) is 31.0 Å². The summed E-state index contributed by atoms with van der Waals surface area (Å²) in [6.45, 7) is 6.82. The van der Waals surface area contributed by atoms with Crippen molar-refractivity contribution in [3.63, 3.8) is 0 Å². The summed E-state index contributed by atoms with van der Waals surface area (Å²) in [5.74, 6) is 0.533. The first kappa shape index (κ1) is 13.9. The lowest BCUT2D eigenvalue weighted by molar-refractivity contribution is -0.129. The van der Waals surface area contributed by atoms with E-state index in [-0.39, 0.29) is 11.7 Å². The summed E-state index contributed by atoms with van der Waals surface area (Å²) in [7, 11) is 0. The molecule has 2 aromatic rings. The first-order chi connectivity index (χ1) is 9.55. The molecule has 1 unspecified atom stereocenters. The summed E-state index contributed by atoms with van der Waals surface area (Å²) in [5, 5.41) is 0. The van der Waals surface area contributed by atoms with E-state index in [2.05, 4.69) is 34.3 Å². The lowest BCUT2D eigenvalue weighted by Crippen LogP contribution is -2.52. The zero-order valence-electron chi connectivity index (χ0n) is 11.9. The Morgan fingerprint density at radius 1 is 1.45 bits per heavy atom. The highest BCUT2D eigenvalue weighted by Gasteiger charge is 2.33. The van der Waals surface area contributed by atoms with Crippen LogP contribution in [0.4, 0.5) is 0 Å². The van der Waals surface area contributed by atoms with Gasteiger partial charge in [-0.15, -0.1) is 11.6 Å². The van der Waals surface area contributed by atoms with E-state index in [4.69, 9.17) is 16.3 Å². The Balaban J connectivity index is 1.76. The van der Waals surface area contributed by atoms with E-state index in [1.54, 1.807) is 0 Å². The van der Waals surface area contributed by atoms with Gasteiger partial charge < -0.3 is 9.14 Å². The third kappa shape index (κ3) is 2.97. The molecule has 0 amide bonds. The second kappa shape index (κ2) is 5.35. The molecular formula is C15H20ClN3O. The Hall–Kier alpha value is -1.10. The average Bonchev–Trinajstić information content (AvgIpc) is 2.78. The molecule has 20 heavy (non-hydrogen) atoms. The van der Waals surface area contributed by atoms with Crippen LogP contribution in [0.2, 0.25) is 0 Å². The topological polar surface area (TPSA) is 29.8 Å². The van der Waals surface area contributed by atoms with Gasteiger partial charge in [0.2, 0.25) is 0 Å². The quantitative estimate of drug-likeness (QED) is 0.815. The van der Waals surface area contributed by atoms with Gasteiger partial charge in [0.25, 0.3) is 0 Å². The van der Waals surface area contributed by atoms with Crippen LogP contribution in [-0.2, 0) is 11.3 Å². The van der Waals surface area contributed by atoms with Crippen molar-refractivity contribution in [3.05, 3.63) is 36.3 Å². The van der Waals surface area contributed by atoms with Crippen LogP contribution in [0.15, 0.2) is 30.6 Å². The van der Waals surface area contributed by atoms with Gasteiger partial charge in [-0.2, -0.15) is 0 Å². The predicted molar refractivity (Wildman–Crippen MR) is 80.1 cm³/mol. The minimum Gasteiger partial charge on any atom is -0.368 e. The number of halogens is 1. The predicted octanol–water partition coefficient (Wildman–Crippen LogP) is 2.55. The van der Waals surface area contributed by atoms with Crippen molar-refractivity contribution in [2.75, 3.05) is 19.0 Å². The summed E-state index contributed by atoms with van der Waals surface area (Å²) < 4.78 is 8.01. The van der Waals surface area contributed by atoms with E-state index in [9.17, 15) is 0 Å². The fourth-order valence-electron chi connectivity index (χ4n) is 2.91. The number of pyridine rings is 1. The van der Waals surface area contributed by atoms with E-state index in [0.29, 0.717) is 5.88 Å². The van der Waals surface area contributed by atoms with Crippen molar-refractivity contribution in [2.24, 2.45) is 0 Å². The maximum absolute atomic E-state index is 5.97. The minimum atomic E-state index is -0.156. The van der Waals surface area contributed by atoms with E-state index < -0.39 is 0 Å². The molecule has 1 fully saturated rings. The van der Waals surface area contributed by atoms with Crippen LogP contribution < -0.4 is 0 Å². The van der Waals surface area contributed by atoms with Crippen LogP contribution in [-0.4, -0.2) is 45.0 Å². The first-order valence-electron chi connectivity index (χ1n) is 6.94. The number of rotatable bonds is 3. The lowest BCUT2D eigenvalue weighted by atomic mass is 10.1. The third-order valence-electron chi connectivity index (χ3n) is 3.52.